The molecule has 0 saturated heterocycles. The summed E-state index contributed by atoms with van der Waals surface area (Å²) in [5.41, 5.74) is 8.49. The van der Waals surface area contributed by atoms with Crippen LogP contribution in [0.2, 0.25) is 0 Å². The Labute approximate surface area is 179 Å². The van der Waals surface area contributed by atoms with Gasteiger partial charge in [-0.25, -0.2) is 8.91 Å². The largest absolute Gasteiger partial charge is 0.377 e. The monoisotopic (exact) mass is 423 g/mol. The molecule has 2 atom stereocenters. The second kappa shape index (κ2) is 8.02. The van der Waals surface area contributed by atoms with Gasteiger partial charge in [-0.05, 0) is 43.4 Å². The SMILES string of the molecule is CC(=O)NCc1ccc(-c2cc3c(NC4CCCC4(C)F)c(C(N)=O)cnn3c2)cc1. The van der Waals surface area contributed by atoms with Gasteiger partial charge < -0.3 is 16.4 Å². The van der Waals surface area contributed by atoms with Crippen LogP contribution in [0.5, 0.6) is 0 Å². The molecule has 1 saturated carbocycles. The smallest absolute Gasteiger partial charge is 0.252 e. The third kappa shape index (κ3) is 4.23. The van der Waals surface area contributed by atoms with E-state index in [0.717, 1.165) is 23.1 Å². The van der Waals surface area contributed by atoms with Crippen LogP contribution < -0.4 is 16.4 Å². The summed E-state index contributed by atoms with van der Waals surface area (Å²) >= 11 is 0. The molecular formula is C23H26FN5O2. The van der Waals surface area contributed by atoms with Gasteiger partial charge in [-0.15, -0.1) is 0 Å². The summed E-state index contributed by atoms with van der Waals surface area (Å²) in [6.45, 7) is 3.54. The molecule has 4 N–H and O–H groups in total. The van der Waals surface area contributed by atoms with Gasteiger partial charge in [0.15, 0.2) is 0 Å². The molecule has 0 spiro atoms. The maximum absolute atomic E-state index is 14.9. The van der Waals surface area contributed by atoms with E-state index < -0.39 is 17.6 Å². The molecule has 0 radical (unpaired) electrons. The van der Waals surface area contributed by atoms with Gasteiger partial charge in [-0.1, -0.05) is 24.3 Å². The second-order valence-corrected chi connectivity index (χ2v) is 8.33. The zero-order valence-electron chi connectivity index (χ0n) is 17.6. The molecule has 8 heteroatoms. The number of hydrogen-bond acceptors (Lipinski definition) is 4. The predicted octanol–water partition coefficient (Wildman–Crippen LogP) is 3.43. The standard InChI is InChI=1S/C23H26FN5O2/c1-14(30)26-11-15-5-7-16(8-6-15)17-10-19-21(28-20-4-3-9-23(20,2)24)18(22(25)31)12-27-29(19)13-17/h5-8,10,12-13,20,28H,3-4,9,11H2,1-2H3,(H2,25,31)(H,26,30). The van der Waals surface area contributed by atoms with E-state index >= 15 is 0 Å². The highest BCUT2D eigenvalue weighted by Gasteiger charge is 2.39. The maximum Gasteiger partial charge on any atom is 0.252 e. The number of hydrogen-bond donors (Lipinski definition) is 3. The van der Waals surface area contributed by atoms with Crippen LogP contribution in [-0.2, 0) is 11.3 Å². The Balaban J connectivity index is 1.70. The number of rotatable bonds is 6. The lowest BCUT2D eigenvalue weighted by atomic mass is 10.0. The minimum Gasteiger partial charge on any atom is -0.377 e. The predicted molar refractivity (Wildman–Crippen MR) is 117 cm³/mol. The molecular weight excluding hydrogens is 397 g/mol. The zero-order chi connectivity index (χ0) is 22.2. The van der Waals surface area contributed by atoms with Gasteiger partial charge in [0.05, 0.1) is 29.0 Å². The van der Waals surface area contributed by atoms with Crippen LogP contribution in [0.4, 0.5) is 10.1 Å². The first-order valence-electron chi connectivity index (χ1n) is 10.3. The highest BCUT2D eigenvalue weighted by Crippen LogP contribution is 2.37. The summed E-state index contributed by atoms with van der Waals surface area (Å²) in [6.07, 6.45) is 5.23. The fourth-order valence-electron chi connectivity index (χ4n) is 4.12. The van der Waals surface area contributed by atoms with Crippen molar-refractivity contribution in [1.82, 2.24) is 14.9 Å². The number of aromatic nitrogens is 2. The molecule has 162 valence electrons. The number of nitrogens with one attached hydrogen (secondary N) is 2. The molecule has 0 aliphatic heterocycles. The first-order chi connectivity index (χ1) is 14.7. The van der Waals surface area contributed by atoms with Gasteiger partial charge in [-0.3, -0.25) is 9.59 Å². The normalized spacial score (nSPS) is 20.7. The lowest BCUT2D eigenvalue weighted by molar-refractivity contribution is -0.119. The van der Waals surface area contributed by atoms with Crippen molar-refractivity contribution < 1.29 is 14.0 Å². The zero-order valence-corrected chi connectivity index (χ0v) is 17.6. The van der Waals surface area contributed by atoms with E-state index in [-0.39, 0.29) is 11.5 Å². The second-order valence-electron chi connectivity index (χ2n) is 8.33. The Hall–Kier alpha value is -3.42. The van der Waals surface area contributed by atoms with E-state index in [0.29, 0.717) is 30.6 Å². The van der Waals surface area contributed by atoms with Crippen LogP contribution in [0.25, 0.3) is 16.6 Å². The lowest BCUT2D eigenvalue weighted by Crippen LogP contribution is -2.36. The number of fused-ring (bicyclic) bond motifs is 1. The Morgan fingerprint density at radius 1 is 1.29 bits per heavy atom. The van der Waals surface area contributed by atoms with E-state index in [9.17, 15) is 14.0 Å². The van der Waals surface area contributed by atoms with E-state index in [2.05, 4.69) is 15.7 Å². The van der Waals surface area contributed by atoms with Crippen molar-refractivity contribution in [1.29, 1.82) is 0 Å². The van der Waals surface area contributed by atoms with Gasteiger partial charge in [0.2, 0.25) is 5.91 Å². The molecule has 7 nitrogen and oxygen atoms in total. The fraction of sp³-hybridized carbons (Fsp3) is 0.348. The van der Waals surface area contributed by atoms with Gasteiger partial charge in [0.25, 0.3) is 5.91 Å². The van der Waals surface area contributed by atoms with Crippen LogP contribution in [0, 0.1) is 0 Å². The van der Waals surface area contributed by atoms with Crippen molar-refractivity contribution in [2.75, 3.05) is 5.32 Å². The number of nitrogens with two attached hydrogens (primary N) is 1. The minimum absolute atomic E-state index is 0.0780. The van der Waals surface area contributed by atoms with Gasteiger partial charge in [-0.2, -0.15) is 5.10 Å². The molecule has 31 heavy (non-hydrogen) atoms. The molecule has 1 aliphatic carbocycles. The number of carbonyl (C=O) groups is 2. The topological polar surface area (TPSA) is 102 Å². The highest BCUT2D eigenvalue weighted by molar-refractivity contribution is 6.02. The van der Waals surface area contributed by atoms with Crippen molar-refractivity contribution in [3.05, 3.63) is 53.9 Å². The summed E-state index contributed by atoms with van der Waals surface area (Å²) in [7, 11) is 0. The average Bonchev–Trinajstić information content (AvgIpc) is 3.30. The molecule has 2 unspecified atom stereocenters. The van der Waals surface area contributed by atoms with Crippen molar-refractivity contribution >= 4 is 23.0 Å². The van der Waals surface area contributed by atoms with Crippen molar-refractivity contribution in [3.63, 3.8) is 0 Å². The lowest BCUT2D eigenvalue weighted by Gasteiger charge is -2.26. The number of amides is 2. The van der Waals surface area contributed by atoms with E-state index in [1.807, 2.05) is 36.5 Å². The quantitative estimate of drug-likeness (QED) is 0.565. The third-order valence-corrected chi connectivity index (χ3v) is 5.93. The summed E-state index contributed by atoms with van der Waals surface area (Å²) in [5.74, 6) is -0.688. The first-order valence-corrected chi connectivity index (χ1v) is 10.3. The van der Waals surface area contributed by atoms with Crippen molar-refractivity contribution in [2.45, 2.75) is 51.4 Å². The number of primary amides is 1. The average molecular weight is 423 g/mol. The maximum atomic E-state index is 14.9. The Morgan fingerprint density at radius 2 is 2.03 bits per heavy atom. The van der Waals surface area contributed by atoms with Crippen LogP contribution in [-0.4, -0.2) is 33.1 Å². The van der Waals surface area contributed by atoms with Gasteiger partial charge in [0.1, 0.15) is 5.67 Å². The van der Waals surface area contributed by atoms with Crippen LogP contribution in [0.3, 0.4) is 0 Å². The van der Waals surface area contributed by atoms with Gasteiger partial charge in [0, 0.05) is 25.2 Å². The third-order valence-electron chi connectivity index (χ3n) is 5.93. The summed E-state index contributed by atoms with van der Waals surface area (Å²) < 4.78 is 16.6. The Kier molecular flexibility index (Phi) is 5.39. The fourth-order valence-corrected chi connectivity index (χ4v) is 4.12. The van der Waals surface area contributed by atoms with Crippen molar-refractivity contribution in [3.8, 4) is 11.1 Å². The van der Waals surface area contributed by atoms with Gasteiger partial charge >= 0.3 is 0 Å². The van der Waals surface area contributed by atoms with E-state index in [1.165, 1.54) is 13.1 Å². The number of anilines is 1. The Morgan fingerprint density at radius 3 is 2.65 bits per heavy atom. The molecule has 1 fully saturated rings. The van der Waals surface area contributed by atoms with Crippen LogP contribution >= 0.6 is 0 Å². The molecule has 2 amide bonds. The molecule has 2 heterocycles. The summed E-state index contributed by atoms with van der Waals surface area (Å²) in [5, 5.41) is 10.3. The molecule has 1 aromatic carbocycles. The summed E-state index contributed by atoms with van der Waals surface area (Å²) in [4.78, 5) is 23.1. The van der Waals surface area contributed by atoms with Crippen LogP contribution in [0.15, 0.2) is 42.7 Å². The molecule has 4 rings (SSSR count). The highest BCUT2D eigenvalue weighted by atomic mass is 19.1. The first kappa shape index (κ1) is 20.8. The summed E-state index contributed by atoms with van der Waals surface area (Å²) in [6, 6.07) is 9.33. The molecule has 1 aliphatic rings. The molecule has 2 aromatic heterocycles. The van der Waals surface area contributed by atoms with Crippen molar-refractivity contribution in [2.24, 2.45) is 5.73 Å². The number of carbonyl (C=O) groups excluding carboxylic acids is 2. The van der Waals surface area contributed by atoms with E-state index in [1.54, 1.807) is 11.4 Å². The molecule has 3 aromatic rings. The molecule has 0 bridgehead atoms. The number of alkyl halides is 1. The van der Waals surface area contributed by atoms with E-state index in [4.69, 9.17) is 5.73 Å². The van der Waals surface area contributed by atoms with Crippen LogP contribution in [0.1, 0.15) is 49.0 Å². The number of halogens is 1. The Bertz CT molecular complexity index is 1140. The minimum atomic E-state index is -1.35. The number of benzene rings is 1. The number of nitrogens with zero attached hydrogens (tertiary/aromatic N) is 2.